The molecule has 0 atom stereocenters. The highest BCUT2D eigenvalue weighted by Crippen LogP contribution is 2.22. The standard InChI is InChI=1S/C16H17ClN4/c1-19-16-9-8-14(17)15(20-16)12-21(11-5-10-18)13-6-3-2-4-7-13/h2-4,6-9H,5,11-12H2,1H3,(H,19,20). The van der Waals surface area contributed by atoms with Crippen LogP contribution in [0.5, 0.6) is 0 Å². The third-order valence-electron chi connectivity index (χ3n) is 3.13. The molecule has 1 N–H and O–H groups in total. The summed E-state index contributed by atoms with van der Waals surface area (Å²) in [6.45, 7) is 1.21. The molecule has 0 saturated carbocycles. The lowest BCUT2D eigenvalue weighted by molar-refractivity contribution is 0.781. The van der Waals surface area contributed by atoms with Gasteiger partial charge in [-0.15, -0.1) is 0 Å². The molecule has 2 aromatic rings. The molecule has 1 aromatic carbocycles. The molecule has 108 valence electrons. The van der Waals surface area contributed by atoms with Crippen molar-refractivity contribution in [2.75, 3.05) is 23.8 Å². The van der Waals surface area contributed by atoms with E-state index in [-0.39, 0.29) is 0 Å². The molecule has 0 fully saturated rings. The molecule has 21 heavy (non-hydrogen) atoms. The van der Waals surface area contributed by atoms with Gasteiger partial charge in [0, 0.05) is 19.3 Å². The minimum atomic E-state index is 0.457. The summed E-state index contributed by atoms with van der Waals surface area (Å²) in [4.78, 5) is 6.60. The van der Waals surface area contributed by atoms with Crippen LogP contribution in [0.2, 0.25) is 5.02 Å². The predicted molar refractivity (Wildman–Crippen MR) is 86.5 cm³/mol. The van der Waals surface area contributed by atoms with Crippen molar-refractivity contribution in [1.82, 2.24) is 4.98 Å². The molecule has 4 nitrogen and oxygen atoms in total. The fourth-order valence-electron chi connectivity index (χ4n) is 2.04. The zero-order chi connectivity index (χ0) is 15.1. The van der Waals surface area contributed by atoms with E-state index in [9.17, 15) is 0 Å². The lowest BCUT2D eigenvalue weighted by atomic mass is 10.2. The topological polar surface area (TPSA) is 52.0 Å². The Hall–Kier alpha value is -2.25. The maximum absolute atomic E-state index is 8.84. The summed E-state index contributed by atoms with van der Waals surface area (Å²) < 4.78 is 0. The number of anilines is 2. The molecule has 2 rings (SSSR count). The summed E-state index contributed by atoms with van der Waals surface area (Å²) in [5.74, 6) is 0.780. The van der Waals surface area contributed by atoms with Gasteiger partial charge in [0.15, 0.2) is 0 Å². The summed E-state index contributed by atoms with van der Waals surface area (Å²) in [5, 5.41) is 12.5. The lowest BCUT2D eigenvalue weighted by Crippen LogP contribution is -2.24. The zero-order valence-corrected chi connectivity index (χ0v) is 12.6. The number of hydrogen-bond donors (Lipinski definition) is 1. The van der Waals surface area contributed by atoms with Crippen LogP contribution < -0.4 is 10.2 Å². The second kappa shape index (κ2) is 7.51. The van der Waals surface area contributed by atoms with E-state index in [1.807, 2.05) is 49.5 Å². The van der Waals surface area contributed by atoms with Crippen LogP contribution in [0.25, 0.3) is 0 Å². The molecule has 0 aliphatic heterocycles. The fraction of sp³-hybridized carbons (Fsp3) is 0.250. The second-order valence-corrected chi connectivity index (χ2v) is 4.95. The number of halogens is 1. The smallest absolute Gasteiger partial charge is 0.126 e. The van der Waals surface area contributed by atoms with E-state index in [2.05, 4.69) is 21.3 Å². The Morgan fingerprint density at radius 2 is 2.00 bits per heavy atom. The molecule has 5 heteroatoms. The number of hydrogen-bond acceptors (Lipinski definition) is 4. The average Bonchev–Trinajstić information content (AvgIpc) is 2.54. The zero-order valence-electron chi connectivity index (χ0n) is 11.9. The van der Waals surface area contributed by atoms with Crippen LogP contribution in [0.15, 0.2) is 42.5 Å². The fourth-order valence-corrected chi connectivity index (χ4v) is 2.20. The largest absolute Gasteiger partial charge is 0.373 e. The molecule has 0 unspecified atom stereocenters. The third kappa shape index (κ3) is 4.11. The average molecular weight is 301 g/mol. The molecule has 1 aromatic heterocycles. The second-order valence-electron chi connectivity index (χ2n) is 4.54. The highest BCUT2D eigenvalue weighted by molar-refractivity contribution is 6.31. The molecule has 0 amide bonds. The molecule has 1 heterocycles. The Morgan fingerprint density at radius 3 is 2.67 bits per heavy atom. The number of para-hydroxylation sites is 1. The predicted octanol–water partition coefficient (Wildman–Crippen LogP) is 3.70. The number of benzene rings is 1. The Labute approximate surface area is 130 Å². The molecule has 0 radical (unpaired) electrons. The molecule has 0 aliphatic rings. The van der Waals surface area contributed by atoms with Crippen molar-refractivity contribution in [2.24, 2.45) is 0 Å². The minimum Gasteiger partial charge on any atom is -0.373 e. The summed E-state index contributed by atoms with van der Waals surface area (Å²) in [7, 11) is 1.82. The highest BCUT2D eigenvalue weighted by atomic mass is 35.5. The van der Waals surface area contributed by atoms with Gasteiger partial charge < -0.3 is 10.2 Å². The van der Waals surface area contributed by atoms with Gasteiger partial charge in [-0.3, -0.25) is 0 Å². The molecule has 0 aliphatic carbocycles. The van der Waals surface area contributed by atoms with Crippen molar-refractivity contribution in [3.63, 3.8) is 0 Å². The molecule has 0 spiro atoms. The molecular formula is C16H17ClN4. The normalized spacial score (nSPS) is 9.95. The first kappa shape index (κ1) is 15.1. The number of pyridine rings is 1. The first-order valence-corrected chi connectivity index (χ1v) is 7.12. The van der Waals surface area contributed by atoms with Gasteiger partial charge in [0.25, 0.3) is 0 Å². The Morgan fingerprint density at radius 1 is 1.24 bits per heavy atom. The SMILES string of the molecule is CNc1ccc(Cl)c(CN(CCC#N)c2ccccc2)n1. The summed E-state index contributed by atoms with van der Waals surface area (Å²) in [5.41, 5.74) is 1.85. The Bertz CT molecular complexity index is 622. The van der Waals surface area contributed by atoms with Gasteiger partial charge >= 0.3 is 0 Å². The van der Waals surface area contributed by atoms with Crippen LogP contribution >= 0.6 is 11.6 Å². The third-order valence-corrected chi connectivity index (χ3v) is 3.47. The van der Waals surface area contributed by atoms with Gasteiger partial charge in [0.2, 0.25) is 0 Å². The van der Waals surface area contributed by atoms with E-state index in [0.717, 1.165) is 17.2 Å². The Kier molecular flexibility index (Phi) is 5.42. The lowest BCUT2D eigenvalue weighted by Gasteiger charge is -2.24. The van der Waals surface area contributed by atoms with E-state index < -0.39 is 0 Å². The van der Waals surface area contributed by atoms with Crippen molar-refractivity contribution in [3.8, 4) is 6.07 Å². The van der Waals surface area contributed by atoms with Crippen LogP contribution in [-0.2, 0) is 6.54 Å². The molecule has 0 saturated heterocycles. The summed E-state index contributed by atoms with van der Waals surface area (Å²) >= 11 is 6.24. The number of nitrogens with one attached hydrogen (secondary N) is 1. The van der Waals surface area contributed by atoms with Crippen molar-refractivity contribution < 1.29 is 0 Å². The first-order chi connectivity index (χ1) is 10.2. The molecule has 0 bridgehead atoms. The summed E-state index contributed by atoms with van der Waals surface area (Å²) in [6.07, 6.45) is 0.457. The maximum atomic E-state index is 8.84. The number of nitriles is 1. The van der Waals surface area contributed by atoms with E-state index in [1.54, 1.807) is 0 Å². The van der Waals surface area contributed by atoms with Crippen molar-refractivity contribution in [3.05, 3.63) is 53.2 Å². The van der Waals surface area contributed by atoms with Gasteiger partial charge in [0.05, 0.1) is 29.8 Å². The number of rotatable bonds is 6. The number of aromatic nitrogens is 1. The van der Waals surface area contributed by atoms with E-state index in [0.29, 0.717) is 24.5 Å². The minimum absolute atomic E-state index is 0.457. The van der Waals surface area contributed by atoms with Crippen LogP contribution in [0, 0.1) is 11.3 Å². The Balaban J connectivity index is 2.25. The van der Waals surface area contributed by atoms with Crippen molar-refractivity contribution in [2.45, 2.75) is 13.0 Å². The van der Waals surface area contributed by atoms with E-state index in [4.69, 9.17) is 16.9 Å². The van der Waals surface area contributed by atoms with Gasteiger partial charge in [0.1, 0.15) is 5.82 Å². The van der Waals surface area contributed by atoms with Crippen LogP contribution in [0.3, 0.4) is 0 Å². The van der Waals surface area contributed by atoms with Gasteiger partial charge in [-0.05, 0) is 24.3 Å². The van der Waals surface area contributed by atoms with Crippen LogP contribution in [0.1, 0.15) is 12.1 Å². The quantitative estimate of drug-likeness (QED) is 0.884. The highest BCUT2D eigenvalue weighted by Gasteiger charge is 2.11. The number of nitrogens with zero attached hydrogens (tertiary/aromatic N) is 3. The summed E-state index contributed by atoms with van der Waals surface area (Å²) in [6, 6.07) is 15.8. The van der Waals surface area contributed by atoms with Crippen molar-refractivity contribution >= 4 is 23.1 Å². The van der Waals surface area contributed by atoms with Gasteiger partial charge in [-0.25, -0.2) is 4.98 Å². The van der Waals surface area contributed by atoms with Crippen LogP contribution in [0.4, 0.5) is 11.5 Å². The van der Waals surface area contributed by atoms with Crippen molar-refractivity contribution in [1.29, 1.82) is 5.26 Å². The van der Waals surface area contributed by atoms with E-state index >= 15 is 0 Å². The van der Waals surface area contributed by atoms with Gasteiger partial charge in [-0.2, -0.15) is 5.26 Å². The molecular weight excluding hydrogens is 284 g/mol. The van der Waals surface area contributed by atoms with Crippen LogP contribution in [-0.4, -0.2) is 18.6 Å². The van der Waals surface area contributed by atoms with E-state index in [1.165, 1.54) is 0 Å². The monoisotopic (exact) mass is 300 g/mol. The first-order valence-electron chi connectivity index (χ1n) is 6.74. The van der Waals surface area contributed by atoms with Gasteiger partial charge in [-0.1, -0.05) is 29.8 Å². The maximum Gasteiger partial charge on any atom is 0.126 e.